The Labute approximate surface area is 121 Å². The first-order valence-corrected chi connectivity index (χ1v) is 7.16. The van der Waals surface area contributed by atoms with Crippen molar-refractivity contribution in [2.24, 2.45) is 5.73 Å². The highest BCUT2D eigenvalue weighted by Gasteiger charge is 2.08. The van der Waals surface area contributed by atoms with E-state index in [-0.39, 0.29) is 0 Å². The molecule has 1 heterocycles. The zero-order chi connectivity index (χ0) is 14.2. The molecule has 0 radical (unpaired) electrons. The van der Waals surface area contributed by atoms with Crippen LogP contribution in [-0.2, 0) is 13.0 Å². The Kier molecular flexibility index (Phi) is 5.71. The molecule has 0 amide bonds. The SMILES string of the molecule is Cc1cccnc1CN(CCN)CCc1ccccc1. The molecule has 0 saturated carbocycles. The lowest BCUT2D eigenvalue weighted by molar-refractivity contribution is 0.272. The lowest BCUT2D eigenvalue weighted by Gasteiger charge is -2.22. The van der Waals surface area contributed by atoms with Gasteiger partial charge < -0.3 is 5.73 Å². The molecule has 0 spiro atoms. The maximum absolute atomic E-state index is 5.73. The van der Waals surface area contributed by atoms with Gasteiger partial charge in [-0.2, -0.15) is 0 Å². The number of aromatic nitrogens is 1. The summed E-state index contributed by atoms with van der Waals surface area (Å²) in [6.45, 7) is 5.58. The molecular weight excluding hydrogens is 246 g/mol. The van der Waals surface area contributed by atoms with Crippen LogP contribution in [0.3, 0.4) is 0 Å². The predicted molar refractivity (Wildman–Crippen MR) is 83.5 cm³/mol. The Bertz CT molecular complexity index is 511. The second-order valence-electron chi connectivity index (χ2n) is 5.07. The first-order chi connectivity index (χ1) is 9.79. The molecule has 2 N–H and O–H groups in total. The monoisotopic (exact) mass is 269 g/mol. The summed E-state index contributed by atoms with van der Waals surface area (Å²) in [5, 5.41) is 0. The number of benzene rings is 1. The quantitative estimate of drug-likeness (QED) is 0.839. The molecule has 0 aliphatic rings. The molecule has 1 aromatic heterocycles. The minimum Gasteiger partial charge on any atom is -0.329 e. The van der Waals surface area contributed by atoms with Gasteiger partial charge in [0.05, 0.1) is 5.69 Å². The number of hydrogen-bond donors (Lipinski definition) is 1. The summed E-state index contributed by atoms with van der Waals surface area (Å²) in [6, 6.07) is 14.7. The van der Waals surface area contributed by atoms with E-state index in [1.54, 1.807) is 0 Å². The van der Waals surface area contributed by atoms with Crippen molar-refractivity contribution in [3.63, 3.8) is 0 Å². The standard InChI is InChI=1S/C17H23N3/c1-15-6-5-11-19-17(15)14-20(13-10-18)12-9-16-7-3-2-4-8-16/h2-8,11H,9-10,12-14,18H2,1H3. The lowest BCUT2D eigenvalue weighted by atomic mass is 10.1. The van der Waals surface area contributed by atoms with E-state index in [1.165, 1.54) is 11.1 Å². The summed E-state index contributed by atoms with van der Waals surface area (Å²) in [5.41, 5.74) is 9.49. The zero-order valence-electron chi connectivity index (χ0n) is 12.1. The maximum Gasteiger partial charge on any atom is 0.0573 e. The Hall–Kier alpha value is -1.71. The van der Waals surface area contributed by atoms with E-state index in [0.29, 0.717) is 6.54 Å². The van der Waals surface area contributed by atoms with Gasteiger partial charge in [-0.25, -0.2) is 0 Å². The highest BCUT2D eigenvalue weighted by Crippen LogP contribution is 2.08. The van der Waals surface area contributed by atoms with Crippen molar-refractivity contribution in [1.82, 2.24) is 9.88 Å². The Morgan fingerprint density at radius 3 is 2.55 bits per heavy atom. The fraction of sp³-hybridized carbons (Fsp3) is 0.353. The Balaban J connectivity index is 1.95. The fourth-order valence-corrected chi connectivity index (χ4v) is 2.28. The normalized spacial score (nSPS) is 10.9. The van der Waals surface area contributed by atoms with Gasteiger partial charge in [0, 0.05) is 32.4 Å². The van der Waals surface area contributed by atoms with Crippen LogP contribution in [0, 0.1) is 6.92 Å². The number of aryl methyl sites for hydroxylation is 1. The summed E-state index contributed by atoms with van der Waals surface area (Å²) in [6.07, 6.45) is 2.91. The summed E-state index contributed by atoms with van der Waals surface area (Å²) in [4.78, 5) is 6.85. The summed E-state index contributed by atoms with van der Waals surface area (Å²) in [5.74, 6) is 0. The third-order valence-electron chi connectivity index (χ3n) is 3.50. The number of nitrogens with two attached hydrogens (primary N) is 1. The van der Waals surface area contributed by atoms with Gasteiger partial charge in [0.15, 0.2) is 0 Å². The summed E-state index contributed by atoms with van der Waals surface area (Å²) >= 11 is 0. The van der Waals surface area contributed by atoms with E-state index < -0.39 is 0 Å². The molecule has 1 aromatic carbocycles. The summed E-state index contributed by atoms with van der Waals surface area (Å²) < 4.78 is 0. The van der Waals surface area contributed by atoms with Gasteiger partial charge in [-0.3, -0.25) is 9.88 Å². The van der Waals surface area contributed by atoms with Gasteiger partial charge in [0.2, 0.25) is 0 Å². The third kappa shape index (κ3) is 4.44. The van der Waals surface area contributed by atoms with Gasteiger partial charge in [-0.1, -0.05) is 36.4 Å². The molecule has 20 heavy (non-hydrogen) atoms. The average molecular weight is 269 g/mol. The van der Waals surface area contributed by atoms with Crippen LogP contribution in [0.5, 0.6) is 0 Å². The highest BCUT2D eigenvalue weighted by atomic mass is 15.1. The Morgan fingerprint density at radius 2 is 1.85 bits per heavy atom. The van der Waals surface area contributed by atoms with Crippen molar-refractivity contribution in [2.45, 2.75) is 19.9 Å². The molecule has 0 unspecified atom stereocenters. The molecule has 0 fully saturated rings. The molecule has 2 rings (SSSR count). The molecule has 0 aliphatic carbocycles. The second-order valence-corrected chi connectivity index (χ2v) is 5.07. The molecular formula is C17H23N3. The molecule has 0 bridgehead atoms. The number of rotatable bonds is 7. The smallest absolute Gasteiger partial charge is 0.0573 e. The van der Waals surface area contributed by atoms with E-state index >= 15 is 0 Å². The molecule has 0 aliphatic heterocycles. The van der Waals surface area contributed by atoms with Crippen LogP contribution in [0.1, 0.15) is 16.8 Å². The number of pyridine rings is 1. The molecule has 106 valence electrons. The average Bonchev–Trinajstić information content (AvgIpc) is 2.48. The van der Waals surface area contributed by atoms with Crippen molar-refractivity contribution in [3.8, 4) is 0 Å². The van der Waals surface area contributed by atoms with Crippen molar-refractivity contribution in [2.75, 3.05) is 19.6 Å². The summed E-state index contributed by atoms with van der Waals surface area (Å²) in [7, 11) is 0. The predicted octanol–water partition coefficient (Wildman–Crippen LogP) is 2.39. The number of nitrogens with zero attached hydrogens (tertiary/aromatic N) is 2. The third-order valence-corrected chi connectivity index (χ3v) is 3.50. The van der Waals surface area contributed by atoms with Gasteiger partial charge >= 0.3 is 0 Å². The number of hydrogen-bond acceptors (Lipinski definition) is 3. The minimum absolute atomic E-state index is 0.681. The molecule has 0 saturated heterocycles. The lowest BCUT2D eigenvalue weighted by Crippen LogP contribution is -2.31. The molecule has 3 heteroatoms. The van der Waals surface area contributed by atoms with Crippen LogP contribution >= 0.6 is 0 Å². The molecule has 2 aromatic rings. The second kappa shape index (κ2) is 7.78. The van der Waals surface area contributed by atoms with Gasteiger partial charge in [-0.15, -0.1) is 0 Å². The topological polar surface area (TPSA) is 42.2 Å². The Morgan fingerprint density at radius 1 is 1.05 bits per heavy atom. The van der Waals surface area contributed by atoms with Crippen molar-refractivity contribution >= 4 is 0 Å². The first kappa shape index (κ1) is 14.7. The highest BCUT2D eigenvalue weighted by molar-refractivity contribution is 5.18. The van der Waals surface area contributed by atoms with E-state index in [9.17, 15) is 0 Å². The maximum atomic E-state index is 5.73. The molecule has 3 nitrogen and oxygen atoms in total. The first-order valence-electron chi connectivity index (χ1n) is 7.16. The van der Waals surface area contributed by atoms with Crippen LogP contribution in [-0.4, -0.2) is 29.5 Å². The van der Waals surface area contributed by atoms with Crippen LogP contribution in [0.25, 0.3) is 0 Å². The van der Waals surface area contributed by atoms with Crippen LogP contribution in [0.15, 0.2) is 48.7 Å². The van der Waals surface area contributed by atoms with Crippen LogP contribution < -0.4 is 5.73 Å². The largest absolute Gasteiger partial charge is 0.329 e. The van der Waals surface area contributed by atoms with Gasteiger partial charge in [-0.05, 0) is 30.5 Å². The minimum atomic E-state index is 0.681. The van der Waals surface area contributed by atoms with Crippen LogP contribution in [0.2, 0.25) is 0 Å². The van der Waals surface area contributed by atoms with Gasteiger partial charge in [0.25, 0.3) is 0 Å². The van der Waals surface area contributed by atoms with Crippen molar-refractivity contribution < 1.29 is 0 Å². The van der Waals surface area contributed by atoms with Crippen molar-refractivity contribution in [3.05, 3.63) is 65.5 Å². The zero-order valence-corrected chi connectivity index (χ0v) is 12.1. The fourth-order valence-electron chi connectivity index (χ4n) is 2.28. The molecule has 0 atom stereocenters. The van der Waals surface area contributed by atoms with E-state index in [2.05, 4.69) is 53.2 Å². The van der Waals surface area contributed by atoms with E-state index in [4.69, 9.17) is 5.73 Å². The van der Waals surface area contributed by atoms with Crippen LogP contribution in [0.4, 0.5) is 0 Å². The van der Waals surface area contributed by atoms with E-state index in [0.717, 1.165) is 31.7 Å². The van der Waals surface area contributed by atoms with E-state index in [1.807, 2.05) is 12.3 Å². The van der Waals surface area contributed by atoms with Crippen molar-refractivity contribution in [1.29, 1.82) is 0 Å². The van der Waals surface area contributed by atoms with Gasteiger partial charge in [0.1, 0.15) is 0 Å².